The second-order valence-electron chi connectivity index (χ2n) is 9.92. The highest BCUT2D eigenvalue weighted by molar-refractivity contribution is 5.80. The third kappa shape index (κ3) is 3.90. The first-order valence-electron chi connectivity index (χ1n) is 10.8. The highest BCUT2D eigenvalue weighted by atomic mass is 19.1. The topological polar surface area (TPSA) is 75.9 Å². The number of nitrogens with zero attached hydrogens (tertiary/aromatic N) is 5. The van der Waals surface area contributed by atoms with Gasteiger partial charge in [0.15, 0.2) is 6.29 Å². The molecule has 5 rings (SSSR count). The Balaban J connectivity index is 1.34. The standard InChI is InChI=1S/C22H30FN5O3/c1-21(12-29)10-27(11-21)19-7-18(26(2)3)15(6-16(19)23)17-8-28(25-24-17)9-20-30-13-22(4-5-22)14-31-20/h6-8,20,29H,4-5,9-14H2,1-3H3. The first kappa shape index (κ1) is 20.7. The molecule has 1 aromatic carbocycles. The van der Waals surface area contributed by atoms with Crippen LogP contribution in [-0.2, 0) is 16.0 Å². The lowest BCUT2D eigenvalue weighted by molar-refractivity contribution is -0.213. The Morgan fingerprint density at radius 1 is 1.23 bits per heavy atom. The molecule has 1 saturated carbocycles. The van der Waals surface area contributed by atoms with Gasteiger partial charge in [0.05, 0.1) is 38.2 Å². The fraction of sp³-hybridized carbons (Fsp3) is 0.636. The summed E-state index contributed by atoms with van der Waals surface area (Å²) >= 11 is 0. The Kier molecular flexibility index (Phi) is 4.95. The quantitative estimate of drug-likeness (QED) is 0.751. The van der Waals surface area contributed by atoms with Crippen LogP contribution in [0.25, 0.3) is 11.3 Å². The zero-order chi connectivity index (χ0) is 21.8. The van der Waals surface area contributed by atoms with Crippen molar-refractivity contribution in [3.05, 3.63) is 24.1 Å². The van der Waals surface area contributed by atoms with Crippen molar-refractivity contribution in [2.24, 2.45) is 10.8 Å². The number of rotatable bonds is 6. The van der Waals surface area contributed by atoms with Crippen LogP contribution in [0.1, 0.15) is 19.8 Å². The maximum atomic E-state index is 15.0. The molecule has 2 aliphatic heterocycles. The second kappa shape index (κ2) is 7.43. The van der Waals surface area contributed by atoms with Crippen molar-refractivity contribution in [3.8, 4) is 11.3 Å². The van der Waals surface area contributed by atoms with Crippen LogP contribution < -0.4 is 9.80 Å². The van der Waals surface area contributed by atoms with E-state index in [9.17, 15) is 5.11 Å². The third-order valence-corrected chi connectivity index (χ3v) is 6.67. The number of halogens is 1. The third-order valence-electron chi connectivity index (χ3n) is 6.67. The monoisotopic (exact) mass is 431 g/mol. The number of hydrogen-bond acceptors (Lipinski definition) is 7. The van der Waals surface area contributed by atoms with E-state index in [-0.39, 0.29) is 29.5 Å². The van der Waals surface area contributed by atoms with Crippen molar-refractivity contribution < 1.29 is 19.0 Å². The van der Waals surface area contributed by atoms with Crippen LogP contribution in [0.2, 0.25) is 0 Å². The lowest BCUT2D eigenvalue weighted by Crippen LogP contribution is -2.57. The minimum atomic E-state index is -0.333. The molecule has 8 nitrogen and oxygen atoms in total. The molecule has 168 valence electrons. The van der Waals surface area contributed by atoms with E-state index >= 15 is 4.39 Å². The van der Waals surface area contributed by atoms with Gasteiger partial charge in [0.25, 0.3) is 0 Å². The van der Waals surface area contributed by atoms with E-state index in [2.05, 4.69) is 10.3 Å². The Hall–Kier alpha value is -2.23. The summed E-state index contributed by atoms with van der Waals surface area (Å²) in [7, 11) is 3.85. The fourth-order valence-corrected chi connectivity index (χ4v) is 4.38. The van der Waals surface area contributed by atoms with Crippen LogP contribution >= 0.6 is 0 Å². The zero-order valence-electron chi connectivity index (χ0n) is 18.3. The molecular weight excluding hydrogens is 401 g/mol. The van der Waals surface area contributed by atoms with Crippen LogP contribution in [0.15, 0.2) is 18.3 Å². The average Bonchev–Trinajstić information content (AvgIpc) is 3.32. The number of aliphatic hydroxyl groups excluding tert-OH is 1. The molecule has 3 aliphatic rings. The van der Waals surface area contributed by atoms with Crippen molar-refractivity contribution in [3.63, 3.8) is 0 Å². The minimum absolute atomic E-state index is 0.0995. The molecule has 1 aromatic heterocycles. The van der Waals surface area contributed by atoms with Crippen LogP contribution in [-0.4, -0.2) is 73.4 Å². The van der Waals surface area contributed by atoms with Gasteiger partial charge in [0.2, 0.25) is 0 Å². The summed E-state index contributed by atoms with van der Waals surface area (Å²) in [5, 5.41) is 18.0. The Bertz CT molecular complexity index is 958. The summed E-state index contributed by atoms with van der Waals surface area (Å²) < 4.78 is 28.4. The molecule has 0 unspecified atom stereocenters. The minimum Gasteiger partial charge on any atom is -0.396 e. The van der Waals surface area contributed by atoms with Gasteiger partial charge >= 0.3 is 0 Å². The van der Waals surface area contributed by atoms with Crippen LogP contribution in [0.3, 0.4) is 0 Å². The van der Waals surface area contributed by atoms with Gasteiger partial charge < -0.3 is 24.4 Å². The maximum absolute atomic E-state index is 15.0. The van der Waals surface area contributed by atoms with Crippen molar-refractivity contribution in [1.29, 1.82) is 0 Å². The first-order valence-corrected chi connectivity index (χ1v) is 10.8. The van der Waals surface area contributed by atoms with Crippen LogP contribution in [0.4, 0.5) is 15.8 Å². The SMILES string of the molecule is CN(C)c1cc(N2CC(C)(CO)C2)c(F)cc1-c1cn(CC2OCC3(CC3)CO2)nn1. The van der Waals surface area contributed by atoms with E-state index in [1.54, 1.807) is 4.68 Å². The van der Waals surface area contributed by atoms with Crippen LogP contribution in [0.5, 0.6) is 0 Å². The smallest absolute Gasteiger partial charge is 0.177 e. The largest absolute Gasteiger partial charge is 0.396 e. The summed E-state index contributed by atoms with van der Waals surface area (Å²) in [6, 6.07) is 3.38. The molecule has 0 bridgehead atoms. The highest BCUT2D eigenvalue weighted by Crippen LogP contribution is 2.48. The molecule has 1 aliphatic carbocycles. The van der Waals surface area contributed by atoms with Gasteiger partial charge in [0, 0.05) is 49.3 Å². The number of benzene rings is 1. The summed E-state index contributed by atoms with van der Waals surface area (Å²) in [5.74, 6) is -0.302. The summed E-state index contributed by atoms with van der Waals surface area (Å²) in [5.41, 5.74) is 2.78. The second-order valence-corrected chi connectivity index (χ2v) is 9.92. The molecule has 0 atom stereocenters. The van der Waals surface area contributed by atoms with E-state index in [0.29, 0.717) is 36.6 Å². The molecule has 2 aromatic rings. The van der Waals surface area contributed by atoms with E-state index < -0.39 is 0 Å². The molecule has 2 saturated heterocycles. The van der Waals surface area contributed by atoms with Gasteiger partial charge in [-0.15, -0.1) is 5.10 Å². The van der Waals surface area contributed by atoms with Gasteiger partial charge in [-0.25, -0.2) is 9.07 Å². The van der Waals surface area contributed by atoms with E-state index in [1.807, 2.05) is 43.1 Å². The number of aliphatic hydroxyl groups is 1. The molecule has 9 heteroatoms. The van der Waals surface area contributed by atoms with E-state index in [0.717, 1.165) is 18.9 Å². The van der Waals surface area contributed by atoms with Gasteiger partial charge in [0.1, 0.15) is 11.5 Å². The Morgan fingerprint density at radius 3 is 2.55 bits per heavy atom. The van der Waals surface area contributed by atoms with Gasteiger partial charge in [-0.1, -0.05) is 12.1 Å². The predicted octanol–water partition coefficient (Wildman–Crippen LogP) is 2.12. The van der Waals surface area contributed by atoms with Gasteiger partial charge in [-0.2, -0.15) is 0 Å². The molecule has 1 spiro atoms. The van der Waals surface area contributed by atoms with Gasteiger partial charge in [-0.3, -0.25) is 0 Å². The van der Waals surface area contributed by atoms with E-state index in [4.69, 9.17) is 9.47 Å². The maximum Gasteiger partial charge on any atom is 0.177 e. The average molecular weight is 432 g/mol. The normalized spacial score (nSPS) is 21.9. The number of ether oxygens (including phenoxy) is 2. The molecule has 3 fully saturated rings. The predicted molar refractivity (Wildman–Crippen MR) is 115 cm³/mol. The molecular formula is C22H30FN5O3. The number of anilines is 2. The highest BCUT2D eigenvalue weighted by Gasteiger charge is 2.47. The van der Waals surface area contributed by atoms with Crippen LogP contribution in [0, 0.1) is 16.6 Å². The molecule has 3 heterocycles. The molecule has 0 amide bonds. The van der Waals surface area contributed by atoms with Gasteiger partial charge in [-0.05, 0) is 25.0 Å². The van der Waals surface area contributed by atoms with Crippen molar-refractivity contribution in [2.45, 2.75) is 32.6 Å². The van der Waals surface area contributed by atoms with E-state index in [1.165, 1.54) is 18.9 Å². The molecule has 0 radical (unpaired) electrons. The van der Waals surface area contributed by atoms with Crippen molar-refractivity contribution in [1.82, 2.24) is 15.0 Å². The lowest BCUT2D eigenvalue weighted by Gasteiger charge is -2.48. The Morgan fingerprint density at radius 2 is 1.94 bits per heavy atom. The number of aromatic nitrogens is 3. The Labute approximate surface area is 181 Å². The molecule has 31 heavy (non-hydrogen) atoms. The zero-order valence-corrected chi connectivity index (χ0v) is 18.3. The van der Waals surface area contributed by atoms with Crippen molar-refractivity contribution >= 4 is 11.4 Å². The molecule has 1 N–H and O–H groups in total. The lowest BCUT2D eigenvalue weighted by atomic mass is 9.82. The summed E-state index contributed by atoms with van der Waals surface area (Å²) in [6.45, 7) is 5.30. The fourth-order valence-electron chi connectivity index (χ4n) is 4.38. The summed E-state index contributed by atoms with van der Waals surface area (Å²) in [4.78, 5) is 3.91. The summed E-state index contributed by atoms with van der Waals surface area (Å²) in [6.07, 6.45) is 3.83. The van der Waals surface area contributed by atoms with Crippen molar-refractivity contribution in [2.75, 3.05) is 56.8 Å². The first-order chi connectivity index (χ1) is 14.8. The number of hydrogen-bond donors (Lipinski definition) is 1.